The smallest absolute Gasteiger partial charge is 0.209 e. The van der Waals surface area contributed by atoms with Crippen LogP contribution in [0.4, 0.5) is 35.1 Å². The highest BCUT2D eigenvalue weighted by molar-refractivity contribution is 5.73. The first kappa shape index (κ1) is 22.2. The molecule has 26 heavy (non-hydrogen) atoms. The molecule has 0 atom stereocenters. The Morgan fingerprint density at radius 1 is 0.692 bits per heavy atom. The van der Waals surface area contributed by atoms with Crippen LogP contribution < -0.4 is 0 Å². The zero-order chi connectivity index (χ0) is 20.0. The highest BCUT2D eigenvalue weighted by Crippen LogP contribution is 2.42. The van der Waals surface area contributed by atoms with E-state index in [2.05, 4.69) is 0 Å². The van der Waals surface area contributed by atoms with Gasteiger partial charge in [0, 0.05) is 35.1 Å². The van der Waals surface area contributed by atoms with Crippen molar-refractivity contribution in [3.05, 3.63) is 46.0 Å². The minimum absolute atomic E-state index is 0.155. The summed E-state index contributed by atoms with van der Waals surface area (Å²) in [4.78, 5) is 0. The van der Waals surface area contributed by atoms with Crippen LogP contribution in [0.2, 0.25) is 0 Å². The zero-order valence-corrected chi connectivity index (χ0v) is 14.2. The molecule has 0 aromatic heterocycles. The largest absolute Gasteiger partial charge is 0.265 e. The summed E-state index contributed by atoms with van der Waals surface area (Å²) in [6, 6.07) is 1.12. The molecule has 0 aliphatic heterocycles. The summed E-state index contributed by atoms with van der Waals surface area (Å²) in [6.45, 7) is 3.01. The number of hydrogen-bond acceptors (Lipinski definition) is 0. The van der Waals surface area contributed by atoms with Gasteiger partial charge in [-0.1, -0.05) is 26.0 Å². The van der Waals surface area contributed by atoms with Crippen LogP contribution in [-0.2, 0) is 0 Å². The van der Waals surface area contributed by atoms with Crippen molar-refractivity contribution < 1.29 is 35.1 Å². The predicted octanol–water partition coefficient (Wildman–Crippen LogP) is 8.38. The van der Waals surface area contributed by atoms with Crippen LogP contribution >= 0.6 is 0 Å². The van der Waals surface area contributed by atoms with Crippen LogP contribution in [0.3, 0.4) is 0 Å². The molecule has 0 saturated heterocycles. The van der Waals surface area contributed by atoms with Crippen LogP contribution in [0.15, 0.2) is 23.8 Å². The molecule has 0 saturated carbocycles. The molecule has 146 valence electrons. The molecule has 0 nitrogen and oxygen atoms in total. The average Bonchev–Trinajstić information content (AvgIpc) is 2.59. The van der Waals surface area contributed by atoms with Gasteiger partial charge in [0.1, 0.15) is 11.7 Å². The SMILES string of the molecule is CCC/C(F)=C(\F)c1ccc(/C(F)=C(\F)CCC)c(C(F)F)c1C(F)F. The maximum atomic E-state index is 14.1. The summed E-state index contributed by atoms with van der Waals surface area (Å²) in [7, 11) is 0. The van der Waals surface area contributed by atoms with Crippen molar-refractivity contribution in [3.8, 4) is 0 Å². The van der Waals surface area contributed by atoms with Crippen LogP contribution in [0, 0.1) is 0 Å². The highest BCUT2D eigenvalue weighted by Gasteiger charge is 2.31. The Labute approximate surface area is 146 Å². The monoisotopic (exact) mass is 386 g/mol. The Balaban J connectivity index is 3.79. The third-order valence-electron chi connectivity index (χ3n) is 3.61. The van der Waals surface area contributed by atoms with Crippen LogP contribution in [0.25, 0.3) is 11.7 Å². The molecular formula is C18H18F8. The Kier molecular flexibility index (Phi) is 8.30. The Morgan fingerprint density at radius 3 is 1.23 bits per heavy atom. The second-order valence-corrected chi connectivity index (χ2v) is 5.53. The first-order valence-corrected chi connectivity index (χ1v) is 7.99. The zero-order valence-electron chi connectivity index (χ0n) is 14.2. The number of allylic oxidation sites excluding steroid dienone is 2. The summed E-state index contributed by atoms with van der Waals surface area (Å²) in [5.74, 6) is -6.19. The van der Waals surface area contributed by atoms with Crippen molar-refractivity contribution in [2.75, 3.05) is 0 Å². The molecule has 0 amide bonds. The standard InChI is InChI=1S/C18H18F8/c1-3-5-11(19)15(21)9-7-8-10(16(22)12(20)6-4-2)14(18(25)26)13(9)17(23)24/h7-8,17-18H,3-6H2,1-2H3/b15-11+,16-12+. The third kappa shape index (κ3) is 4.86. The fraction of sp³-hybridized carbons (Fsp3) is 0.444. The van der Waals surface area contributed by atoms with Gasteiger partial charge in [0.05, 0.1) is 0 Å². The average molecular weight is 386 g/mol. The normalized spacial score (nSPS) is 14.0. The Bertz CT molecular complexity index is 630. The molecule has 1 rings (SSSR count). The van der Waals surface area contributed by atoms with Crippen molar-refractivity contribution in [3.63, 3.8) is 0 Å². The molecule has 1 aromatic rings. The fourth-order valence-electron chi connectivity index (χ4n) is 2.44. The summed E-state index contributed by atoms with van der Waals surface area (Å²) in [5.41, 5.74) is -5.26. The third-order valence-corrected chi connectivity index (χ3v) is 3.61. The van der Waals surface area contributed by atoms with Crippen LogP contribution in [-0.4, -0.2) is 0 Å². The van der Waals surface area contributed by atoms with E-state index in [0.717, 1.165) is 0 Å². The van der Waals surface area contributed by atoms with Gasteiger partial charge < -0.3 is 0 Å². The molecule has 0 aliphatic rings. The molecule has 0 heterocycles. The van der Waals surface area contributed by atoms with Crippen molar-refractivity contribution >= 4 is 11.7 Å². The van der Waals surface area contributed by atoms with Gasteiger partial charge in [-0.15, -0.1) is 0 Å². The molecule has 1 aromatic carbocycles. The number of alkyl halides is 4. The molecule has 0 radical (unpaired) electrons. The van der Waals surface area contributed by atoms with E-state index >= 15 is 0 Å². The lowest BCUT2D eigenvalue weighted by atomic mass is 9.93. The summed E-state index contributed by atoms with van der Waals surface area (Å²) in [6.07, 6.45) is -7.81. The molecule has 0 unspecified atom stereocenters. The quantitative estimate of drug-likeness (QED) is 0.394. The summed E-state index contributed by atoms with van der Waals surface area (Å²) >= 11 is 0. The van der Waals surface area contributed by atoms with Gasteiger partial charge in [-0.25, -0.2) is 35.1 Å². The second-order valence-electron chi connectivity index (χ2n) is 5.53. The number of rotatable bonds is 8. The van der Waals surface area contributed by atoms with Gasteiger partial charge >= 0.3 is 0 Å². The van der Waals surface area contributed by atoms with Gasteiger partial charge in [0.25, 0.3) is 12.9 Å². The van der Waals surface area contributed by atoms with Crippen LogP contribution in [0.5, 0.6) is 0 Å². The van der Waals surface area contributed by atoms with Gasteiger partial charge in [-0.05, 0) is 12.8 Å². The van der Waals surface area contributed by atoms with Gasteiger partial charge in [-0.3, -0.25) is 0 Å². The molecular weight excluding hydrogens is 368 g/mol. The molecule has 0 bridgehead atoms. The first-order chi connectivity index (χ1) is 12.2. The lowest BCUT2D eigenvalue weighted by Gasteiger charge is -2.17. The number of halogens is 8. The highest BCUT2D eigenvalue weighted by atomic mass is 19.3. The summed E-state index contributed by atoms with van der Waals surface area (Å²) < 4.78 is 109. The minimum atomic E-state index is -3.64. The lowest BCUT2D eigenvalue weighted by molar-refractivity contribution is 0.123. The van der Waals surface area contributed by atoms with Crippen molar-refractivity contribution in [2.24, 2.45) is 0 Å². The van der Waals surface area contributed by atoms with E-state index < -0.39 is 71.3 Å². The van der Waals surface area contributed by atoms with E-state index in [9.17, 15) is 35.1 Å². The predicted molar refractivity (Wildman–Crippen MR) is 84.4 cm³/mol. The second kappa shape index (κ2) is 9.73. The molecule has 8 heteroatoms. The Hall–Kier alpha value is -1.86. The van der Waals surface area contributed by atoms with E-state index in [-0.39, 0.29) is 12.8 Å². The topological polar surface area (TPSA) is 0 Å². The Morgan fingerprint density at radius 2 is 1.00 bits per heavy atom. The number of benzene rings is 1. The van der Waals surface area contributed by atoms with Gasteiger partial charge in [0.2, 0.25) is 0 Å². The van der Waals surface area contributed by atoms with E-state index in [0.29, 0.717) is 12.1 Å². The fourth-order valence-corrected chi connectivity index (χ4v) is 2.44. The minimum Gasteiger partial charge on any atom is -0.209 e. The lowest BCUT2D eigenvalue weighted by Crippen LogP contribution is -2.05. The molecule has 0 spiro atoms. The van der Waals surface area contributed by atoms with E-state index in [1.165, 1.54) is 13.8 Å². The van der Waals surface area contributed by atoms with E-state index in [4.69, 9.17) is 0 Å². The van der Waals surface area contributed by atoms with Gasteiger partial charge in [0.15, 0.2) is 11.7 Å². The summed E-state index contributed by atoms with van der Waals surface area (Å²) in [5, 5.41) is 0. The number of hydrogen-bond donors (Lipinski definition) is 0. The van der Waals surface area contributed by atoms with Crippen molar-refractivity contribution in [2.45, 2.75) is 52.4 Å². The van der Waals surface area contributed by atoms with Crippen molar-refractivity contribution in [1.29, 1.82) is 0 Å². The maximum Gasteiger partial charge on any atom is 0.265 e. The molecule has 0 aliphatic carbocycles. The maximum absolute atomic E-state index is 14.1. The van der Waals surface area contributed by atoms with Crippen LogP contribution in [0.1, 0.15) is 74.6 Å². The molecule has 0 fully saturated rings. The molecule has 0 N–H and O–H groups in total. The van der Waals surface area contributed by atoms with E-state index in [1.54, 1.807) is 0 Å². The van der Waals surface area contributed by atoms with E-state index in [1.807, 2.05) is 0 Å². The van der Waals surface area contributed by atoms with Gasteiger partial charge in [-0.2, -0.15) is 0 Å². The first-order valence-electron chi connectivity index (χ1n) is 7.99. The van der Waals surface area contributed by atoms with Crippen molar-refractivity contribution in [1.82, 2.24) is 0 Å².